The van der Waals surface area contributed by atoms with E-state index in [2.05, 4.69) is 21.4 Å². The predicted octanol–water partition coefficient (Wildman–Crippen LogP) is -0.696. The van der Waals surface area contributed by atoms with Gasteiger partial charge < -0.3 is 31.2 Å². The van der Waals surface area contributed by atoms with Crippen LogP contribution in [0.2, 0.25) is 0 Å². The number of nitrogens with one attached hydrogen (secondary N) is 1. The van der Waals surface area contributed by atoms with Crippen LogP contribution in [0.4, 0.5) is 5.13 Å². The number of β-lactam (4-membered cyclic amide) rings is 1. The van der Waals surface area contributed by atoms with Gasteiger partial charge in [0.25, 0.3) is 11.8 Å². The van der Waals surface area contributed by atoms with E-state index in [-0.39, 0.29) is 34.7 Å². The summed E-state index contributed by atoms with van der Waals surface area (Å²) in [5.74, 6) is -0.0458. The van der Waals surface area contributed by atoms with Gasteiger partial charge in [-0.05, 0) is 0 Å². The third-order valence-corrected chi connectivity index (χ3v) is 10.1. The van der Waals surface area contributed by atoms with Crippen LogP contribution in [0.1, 0.15) is 25.0 Å². The number of rotatable bonds is 9. The average Bonchev–Trinajstić information content (AvgIpc) is 3.35. The first-order chi connectivity index (χ1) is 18.6. The van der Waals surface area contributed by atoms with Gasteiger partial charge in [0.05, 0.1) is 25.0 Å². The SMILES string of the molecule is C#CCO/N=C(\C(=O)N[C@@H]1C(=O)N2C(C(=O)O)=C(C[N+]34CCC(C(N)=O)(CC3)CC4)CS[C@H]12)c1csc(N)n1. The fourth-order valence-corrected chi connectivity index (χ4v) is 7.71. The van der Waals surface area contributed by atoms with Crippen LogP contribution in [-0.4, -0.2) is 98.8 Å². The topological polar surface area (TPSA) is 190 Å². The zero-order chi connectivity index (χ0) is 27.9. The molecule has 6 heterocycles. The van der Waals surface area contributed by atoms with Crippen LogP contribution in [0.5, 0.6) is 0 Å². The zero-order valence-electron chi connectivity index (χ0n) is 20.9. The van der Waals surface area contributed by atoms with Crippen LogP contribution < -0.4 is 16.8 Å². The molecule has 0 saturated carbocycles. The molecular weight excluding hydrogens is 546 g/mol. The summed E-state index contributed by atoms with van der Waals surface area (Å²) in [5.41, 5.74) is 11.5. The highest BCUT2D eigenvalue weighted by molar-refractivity contribution is 8.00. The van der Waals surface area contributed by atoms with Crippen LogP contribution in [-0.2, 0) is 24.0 Å². The second-order valence-corrected chi connectivity index (χ2v) is 12.2. The second-order valence-electron chi connectivity index (χ2n) is 10.2. The van der Waals surface area contributed by atoms with E-state index in [0.29, 0.717) is 41.6 Å². The minimum Gasteiger partial charge on any atom is -0.477 e. The summed E-state index contributed by atoms with van der Waals surface area (Å²) < 4.78 is 0.683. The van der Waals surface area contributed by atoms with E-state index < -0.39 is 34.6 Å². The van der Waals surface area contributed by atoms with Gasteiger partial charge >= 0.3 is 5.97 Å². The number of carbonyl (C=O) groups is 4. The van der Waals surface area contributed by atoms with Crippen molar-refractivity contribution in [1.82, 2.24) is 15.2 Å². The molecule has 0 aromatic carbocycles. The number of amides is 3. The number of primary amides is 1. The Morgan fingerprint density at radius 3 is 2.59 bits per heavy atom. The summed E-state index contributed by atoms with van der Waals surface area (Å²) in [6.07, 6.45) is 7.23. The van der Waals surface area contributed by atoms with Gasteiger partial charge in [0.1, 0.15) is 29.4 Å². The molecular formula is C24H28N7O6S2+. The molecule has 4 fully saturated rings. The summed E-state index contributed by atoms with van der Waals surface area (Å²) >= 11 is 2.50. The minimum absolute atomic E-state index is 0.0300. The normalized spacial score (nSPS) is 29.8. The fraction of sp³-hybridized carbons (Fsp3) is 0.500. The molecule has 206 valence electrons. The van der Waals surface area contributed by atoms with Crippen molar-refractivity contribution in [3.05, 3.63) is 22.3 Å². The van der Waals surface area contributed by atoms with Crippen molar-refractivity contribution in [3.8, 4) is 12.3 Å². The maximum absolute atomic E-state index is 13.2. The second kappa shape index (κ2) is 10.2. The number of nitrogens with two attached hydrogens (primary N) is 2. The summed E-state index contributed by atoms with van der Waals surface area (Å²) in [6, 6.07) is -0.958. The number of carboxylic acids is 1. The Kier molecular flexibility index (Phi) is 7.04. The molecule has 5 aliphatic rings. The van der Waals surface area contributed by atoms with Crippen LogP contribution in [0, 0.1) is 17.8 Å². The molecule has 15 heteroatoms. The Morgan fingerprint density at radius 2 is 2.03 bits per heavy atom. The number of nitrogens with zero attached hydrogens (tertiary/aromatic N) is 4. The van der Waals surface area contributed by atoms with Crippen molar-refractivity contribution in [1.29, 1.82) is 0 Å². The Labute approximate surface area is 232 Å². The molecule has 6 rings (SSSR count). The van der Waals surface area contributed by atoms with Crippen molar-refractivity contribution in [3.63, 3.8) is 0 Å². The molecule has 5 aliphatic heterocycles. The molecule has 1 aromatic rings. The highest BCUT2D eigenvalue weighted by Crippen LogP contribution is 2.46. The van der Waals surface area contributed by atoms with Crippen LogP contribution >= 0.6 is 23.1 Å². The van der Waals surface area contributed by atoms with Gasteiger partial charge in [-0.1, -0.05) is 11.1 Å². The number of oxime groups is 1. The van der Waals surface area contributed by atoms with E-state index in [1.54, 1.807) is 0 Å². The maximum atomic E-state index is 13.2. The van der Waals surface area contributed by atoms with E-state index >= 15 is 0 Å². The van der Waals surface area contributed by atoms with Gasteiger partial charge in [-0.3, -0.25) is 19.3 Å². The molecule has 4 saturated heterocycles. The highest BCUT2D eigenvalue weighted by Gasteiger charge is 2.57. The smallest absolute Gasteiger partial charge is 0.352 e. The van der Waals surface area contributed by atoms with Gasteiger partial charge in [-0.25, -0.2) is 9.78 Å². The van der Waals surface area contributed by atoms with Crippen molar-refractivity contribution < 1.29 is 33.6 Å². The van der Waals surface area contributed by atoms with E-state index in [1.807, 2.05) is 0 Å². The lowest BCUT2D eigenvalue weighted by molar-refractivity contribution is -0.940. The summed E-state index contributed by atoms with van der Waals surface area (Å²) in [7, 11) is 0. The number of quaternary nitrogens is 1. The first-order valence-corrected chi connectivity index (χ1v) is 14.2. The monoisotopic (exact) mass is 574 g/mol. The van der Waals surface area contributed by atoms with Gasteiger partial charge in [-0.15, -0.1) is 29.5 Å². The number of hydrogen-bond donors (Lipinski definition) is 4. The molecule has 0 spiro atoms. The molecule has 13 nitrogen and oxygen atoms in total. The third-order valence-electron chi connectivity index (χ3n) is 8.06. The largest absolute Gasteiger partial charge is 0.477 e. The molecule has 0 unspecified atom stereocenters. The average molecular weight is 575 g/mol. The Hall–Kier alpha value is -3.61. The van der Waals surface area contributed by atoms with Crippen molar-refractivity contribution >= 4 is 57.6 Å². The van der Waals surface area contributed by atoms with E-state index in [4.69, 9.17) is 22.7 Å². The Balaban J connectivity index is 1.32. The quantitative estimate of drug-likeness (QED) is 0.0738. The van der Waals surface area contributed by atoms with Crippen LogP contribution in [0.3, 0.4) is 0 Å². The van der Waals surface area contributed by atoms with Crippen LogP contribution in [0.15, 0.2) is 21.8 Å². The van der Waals surface area contributed by atoms with Gasteiger partial charge in [0, 0.05) is 36.0 Å². The van der Waals surface area contributed by atoms with Gasteiger partial charge in [0.15, 0.2) is 17.5 Å². The lowest BCUT2D eigenvalue weighted by atomic mass is 9.70. The number of hydrogen-bond acceptors (Lipinski definition) is 10. The van der Waals surface area contributed by atoms with Crippen molar-refractivity contribution in [2.45, 2.75) is 30.7 Å². The number of anilines is 1. The number of carboxylic acid groups (broad SMARTS) is 1. The molecule has 6 N–H and O–H groups in total. The van der Waals surface area contributed by atoms with E-state index in [1.165, 1.54) is 22.0 Å². The summed E-state index contributed by atoms with van der Waals surface area (Å²) in [5, 5.41) is 17.7. The lowest BCUT2D eigenvalue weighted by Gasteiger charge is -2.55. The predicted molar refractivity (Wildman–Crippen MR) is 143 cm³/mol. The summed E-state index contributed by atoms with van der Waals surface area (Å²) in [4.78, 5) is 60.9. The molecule has 1 aromatic heterocycles. The highest BCUT2D eigenvalue weighted by atomic mass is 32.2. The standard InChI is InChI=1S/C24H27N7O6S2/c1-2-9-37-29-15(14-12-39-23(26)27-14)18(32)28-16-19(33)30-17(21(34)35)13(11-38-20(16)30)10-31-6-3-24(4-7-31,5-8-31)22(25)36/h1,12,16,20H,3-11H2,(H5-,25,26,27,28,32,34,35,36)/p+1/b29-15-/t16-,20-,24?,31?/m1/s1. The first-order valence-electron chi connectivity index (χ1n) is 12.3. The van der Waals surface area contributed by atoms with Crippen molar-refractivity contribution in [2.24, 2.45) is 16.3 Å². The summed E-state index contributed by atoms with van der Waals surface area (Å²) in [6.45, 7) is 2.54. The number of thioether (sulfide) groups is 1. The molecule has 3 amide bonds. The number of thiazole rings is 1. The molecule has 2 atom stereocenters. The maximum Gasteiger partial charge on any atom is 0.352 e. The number of fused-ring (bicyclic) bond motifs is 4. The fourth-order valence-electron chi connectivity index (χ4n) is 5.83. The number of carbonyl (C=O) groups excluding carboxylic acids is 3. The van der Waals surface area contributed by atoms with E-state index in [0.717, 1.165) is 31.0 Å². The molecule has 39 heavy (non-hydrogen) atoms. The Bertz CT molecular complexity index is 1320. The zero-order valence-corrected chi connectivity index (χ0v) is 22.6. The van der Waals surface area contributed by atoms with Gasteiger partial charge in [0.2, 0.25) is 5.91 Å². The van der Waals surface area contributed by atoms with Gasteiger partial charge in [-0.2, -0.15) is 0 Å². The number of piperidine rings is 3. The first kappa shape index (κ1) is 27.0. The minimum atomic E-state index is -1.19. The van der Waals surface area contributed by atoms with Crippen LogP contribution in [0.25, 0.3) is 0 Å². The number of aliphatic carboxylic acids is 1. The third kappa shape index (κ3) is 4.72. The van der Waals surface area contributed by atoms with E-state index in [9.17, 15) is 24.3 Å². The Morgan fingerprint density at radius 1 is 1.33 bits per heavy atom. The number of aromatic nitrogens is 1. The van der Waals surface area contributed by atoms with Crippen molar-refractivity contribution in [2.75, 3.05) is 44.3 Å². The molecule has 0 radical (unpaired) electrons. The number of nitrogen functional groups attached to an aromatic ring is 1. The number of terminal acetylenes is 1. The molecule has 2 bridgehead atoms. The molecule has 0 aliphatic carbocycles. The lowest BCUT2D eigenvalue weighted by Crippen LogP contribution is -2.71.